The maximum atomic E-state index is 4.10. The van der Waals surface area contributed by atoms with Gasteiger partial charge in [-0.2, -0.15) is 0 Å². The highest BCUT2D eigenvalue weighted by atomic mass is 15.3. The molecule has 2 nitrogen and oxygen atoms in total. The molecule has 0 amide bonds. The summed E-state index contributed by atoms with van der Waals surface area (Å²) in [5.41, 5.74) is 1.20. The van der Waals surface area contributed by atoms with Gasteiger partial charge in [-0.25, -0.2) is 0 Å². The summed E-state index contributed by atoms with van der Waals surface area (Å²) in [6, 6.07) is 0.617. The van der Waals surface area contributed by atoms with E-state index < -0.39 is 0 Å². The van der Waals surface area contributed by atoms with E-state index in [9.17, 15) is 0 Å². The molecule has 0 aromatic rings. The molecule has 0 N–H and O–H groups in total. The maximum absolute atomic E-state index is 4.10. The minimum atomic E-state index is 0.617. The minimum absolute atomic E-state index is 0.617. The molecular weight excluding hydrogens is 172 g/mol. The molecule has 1 aliphatic heterocycles. The number of hydrogen-bond donors (Lipinski definition) is 0. The summed E-state index contributed by atoms with van der Waals surface area (Å²) in [7, 11) is 0. The predicted molar refractivity (Wildman–Crippen MR) is 60.9 cm³/mol. The van der Waals surface area contributed by atoms with Gasteiger partial charge >= 0.3 is 0 Å². The molecule has 0 atom stereocenters. The second-order valence-corrected chi connectivity index (χ2v) is 3.98. The van der Waals surface area contributed by atoms with Crippen molar-refractivity contribution in [1.29, 1.82) is 0 Å². The standard InChI is InChI=1S/C12H20N2/c1-5-6-7-13-8-9-14(11(2)3)10-12(13)4/h11H,4,7-10H2,1-3H3. The number of nitrogens with zero attached hydrogens (tertiary/aromatic N) is 2. The highest BCUT2D eigenvalue weighted by Gasteiger charge is 2.20. The predicted octanol–water partition coefficient (Wildman–Crippen LogP) is 1.55. The van der Waals surface area contributed by atoms with Crippen molar-refractivity contribution in [1.82, 2.24) is 9.80 Å². The van der Waals surface area contributed by atoms with E-state index in [-0.39, 0.29) is 0 Å². The van der Waals surface area contributed by atoms with Gasteiger partial charge in [0.15, 0.2) is 0 Å². The van der Waals surface area contributed by atoms with Crippen LogP contribution in [0.1, 0.15) is 20.8 Å². The molecule has 1 fully saturated rings. The molecule has 0 aromatic heterocycles. The van der Waals surface area contributed by atoms with E-state index >= 15 is 0 Å². The van der Waals surface area contributed by atoms with Crippen LogP contribution in [-0.4, -0.2) is 42.0 Å². The Kier molecular flexibility index (Phi) is 4.03. The Morgan fingerprint density at radius 1 is 1.43 bits per heavy atom. The van der Waals surface area contributed by atoms with Gasteiger partial charge in [0, 0.05) is 31.4 Å². The first-order valence-electron chi connectivity index (χ1n) is 5.21. The lowest BCUT2D eigenvalue weighted by Crippen LogP contribution is -2.47. The van der Waals surface area contributed by atoms with Crippen LogP contribution in [-0.2, 0) is 0 Å². The van der Waals surface area contributed by atoms with Gasteiger partial charge in [-0.05, 0) is 20.8 Å². The van der Waals surface area contributed by atoms with Gasteiger partial charge in [-0.3, -0.25) is 4.90 Å². The van der Waals surface area contributed by atoms with Crippen molar-refractivity contribution in [2.24, 2.45) is 0 Å². The lowest BCUT2D eigenvalue weighted by molar-refractivity contribution is 0.156. The van der Waals surface area contributed by atoms with Crippen molar-refractivity contribution in [3.05, 3.63) is 12.3 Å². The highest BCUT2D eigenvalue weighted by molar-refractivity contribution is 5.07. The Morgan fingerprint density at radius 2 is 2.14 bits per heavy atom. The minimum Gasteiger partial charge on any atom is -0.362 e. The Hall–Kier alpha value is -0.940. The average molecular weight is 192 g/mol. The molecule has 2 heteroatoms. The fourth-order valence-electron chi connectivity index (χ4n) is 1.63. The zero-order valence-electron chi connectivity index (χ0n) is 9.51. The third kappa shape index (κ3) is 2.78. The topological polar surface area (TPSA) is 6.48 Å². The van der Waals surface area contributed by atoms with Gasteiger partial charge < -0.3 is 4.90 Å². The van der Waals surface area contributed by atoms with Crippen LogP contribution in [0.5, 0.6) is 0 Å². The fourth-order valence-corrected chi connectivity index (χ4v) is 1.63. The quantitative estimate of drug-likeness (QED) is 0.612. The van der Waals surface area contributed by atoms with Crippen molar-refractivity contribution in [2.45, 2.75) is 26.8 Å². The molecule has 1 saturated heterocycles. The number of piperazine rings is 1. The smallest absolute Gasteiger partial charge is 0.0792 e. The van der Waals surface area contributed by atoms with Crippen LogP contribution in [0.15, 0.2) is 12.3 Å². The SMILES string of the molecule is C=C1CN(C(C)C)CCN1CC#CC. The molecule has 1 aliphatic rings. The van der Waals surface area contributed by atoms with Crippen molar-refractivity contribution in [3.8, 4) is 11.8 Å². The molecule has 0 saturated carbocycles. The van der Waals surface area contributed by atoms with Gasteiger partial charge in [-0.15, -0.1) is 5.92 Å². The lowest BCUT2D eigenvalue weighted by Gasteiger charge is -2.38. The van der Waals surface area contributed by atoms with E-state index in [4.69, 9.17) is 0 Å². The zero-order chi connectivity index (χ0) is 10.6. The molecule has 78 valence electrons. The van der Waals surface area contributed by atoms with E-state index in [2.05, 4.69) is 42.1 Å². The van der Waals surface area contributed by atoms with E-state index in [1.54, 1.807) is 0 Å². The summed E-state index contributed by atoms with van der Waals surface area (Å²) in [6.07, 6.45) is 0. The molecule has 0 unspecified atom stereocenters. The first-order valence-corrected chi connectivity index (χ1v) is 5.21. The van der Waals surface area contributed by atoms with E-state index in [0.717, 1.165) is 26.2 Å². The van der Waals surface area contributed by atoms with Crippen LogP contribution in [0.3, 0.4) is 0 Å². The van der Waals surface area contributed by atoms with Crippen molar-refractivity contribution in [3.63, 3.8) is 0 Å². The third-order valence-electron chi connectivity index (χ3n) is 2.67. The van der Waals surface area contributed by atoms with Crippen molar-refractivity contribution >= 4 is 0 Å². The first kappa shape index (κ1) is 11.1. The fraction of sp³-hybridized carbons (Fsp3) is 0.667. The summed E-state index contributed by atoms with van der Waals surface area (Å²) >= 11 is 0. The largest absolute Gasteiger partial charge is 0.362 e. The Bertz CT molecular complexity index is 257. The Morgan fingerprint density at radius 3 is 2.64 bits per heavy atom. The molecule has 0 aromatic carbocycles. The molecule has 0 aliphatic carbocycles. The summed E-state index contributed by atoms with van der Waals surface area (Å²) < 4.78 is 0. The monoisotopic (exact) mass is 192 g/mol. The van der Waals surface area contributed by atoms with E-state index in [0.29, 0.717) is 6.04 Å². The molecule has 0 radical (unpaired) electrons. The second kappa shape index (κ2) is 5.07. The number of rotatable bonds is 2. The van der Waals surface area contributed by atoms with Crippen LogP contribution in [0, 0.1) is 11.8 Å². The van der Waals surface area contributed by atoms with Crippen molar-refractivity contribution in [2.75, 3.05) is 26.2 Å². The van der Waals surface area contributed by atoms with Crippen LogP contribution in [0.2, 0.25) is 0 Å². The first-order chi connectivity index (χ1) is 6.65. The summed E-state index contributed by atoms with van der Waals surface area (Å²) in [5, 5.41) is 0. The molecule has 1 rings (SSSR count). The second-order valence-electron chi connectivity index (χ2n) is 3.98. The Labute approximate surface area is 87.6 Å². The van der Waals surface area contributed by atoms with Crippen LogP contribution >= 0.6 is 0 Å². The van der Waals surface area contributed by atoms with Gasteiger partial charge in [0.25, 0.3) is 0 Å². The van der Waals surface area contributed by atoms with Gasteiger partial charge in [0.1, 0.15) is 0 Å². The normalized spacial score (nSPS) is 18.3. The highest BCUT2D eigenvalue weighted by Crippen LogP contribution is 2.12. The molecular formula is C12H20N2. The number of hydrogen-bond acceptors (Lipinski definition) is 2. The van der Waals surface area contributed by atoms with Crippen molar-refractivity contribution < 1.29 is 0 Å². The third-order valence-corrected chi connectivity index (χ3v) is 2.67. The van der Waals surface area contributed by atoms with Crippen LogP contribution in [0.4, 0.5) is 0 Å². The molecule has 0 spiro atoms. The van der Waals surface area contributed by atoms with Gasteiger partial charge in [-0.1, -0.05) is 12.5 Å². The van der Waals surface area contributed by atoms with E-state index in [1.165, 1.54) is 5.70 Å². The molecule has 14 heavy (non-hydrogen) atoms. The lowest BCUT2D eigenvalue weighted by atomic mass is 10.2. The van der Waals surface area contributed by atoms with Crippen LogP contribution < -0.4 is 0 Å². The average Bonchev–Trinajstić information content (AvgIpc) is 2.15. The Balaban J connectivity index is 2.46. The maximum Gasteiger partial charge on any atom is 0.0792 e. The van der Waals surface area contributed by atoms with E-state index in [1.807, 2.05) is 6.92 Å². The van der Waals surface area contributed by atoms with Crippen LogP contribution in [0.25, 0.3) is 0 Å². The summed E-state index contributed by atoms with van der Waals surface area (Å²) in [4.78, 5) is 4.72. The molecule has 1 heterocycles. The molecule has 0 bridgehead atoms. The summed E-state index contributed by atoms with van der Waals surface area (Å²) in [5.74, 6) is 6.01. The van der Waals surface area contributed by atoms with Gasteiger partial charge in [0.2, 0.25) is 0 Å². The summed E-state index contributed by atoms with van der Waals surface area (Å²) in [6.45, 7) is 14.5. The van der Waals surface area contributed by atoms with Gasteiger partial charge in [0.05, 0.1) is 6.54 Å². The zero-order valence-corrected chi connectivity index (χ0v) is 9.51.